The quantitative estimate of drug-likeness (QED) is 0.796. The molecule has 0 radical (unpaired) electrons. The van der Waals surface area contributed by atoms with Crippen molar-refractivity contribution < 1.29 is 14.3 Å². The Morgan fingerprint density at radius 1 is 1.32 bits per heavy atom. The van der Waals surface area contributed by atoms with E-state index in [4.69, 9.17) is 21.1 Å². The third-order valence-corrected chi connectivity index (χ3v) is 3.88. The highest BCUT2D eigenvalue weighted by Gasteiger charge is 2.17. The van der Waals surface area contributed by atoms with Crippen LogP contribution in [0, 0.1) is 0 Å². The van der Waals surface area contributed by atoms with Crippen molar-refractivity contribution in [2.75, 3.05) is 13.2 Å². The zero-order valence-electron chi connectivity index (χ0n) is 9.89. The molecule has 0 N–H and O–H groups in total. The molecule has 0 unspecified atom stereocenters. The molecule has 2 aromatic rings. The van der Waals surface area contributed by atoms with E-state index in [0.29, 0.717) is 35.4 Å². The van der Waals surface area contributed by atoms with Gasteiger partial charge in [0.1, 0.15) is 10.7 Å². The smallest absolute Gasteiger partial charge is 0.179 e. The van der Waals surface area contributed by atoms with Gasteiger partial charge in [-0.3, -0.25) is 4.79 Å². The number of ether oxygens (including phenoxy) is 2. The average molecular weight is 296 g/mol. The summed E-state index contributed by atoms with van der Waals surface area (Å²) in [5.41, 5.74) is 1.25. The Morgan fingerprint density at radius 2 is 2.16 bits per heavy atom. The number of hydrogen-bond donors (Lipinski definition) is 0. The number of fused-ring (bicyclic) bond motifs is 1. The standard InChI is InChI=1S/C13H10ClNO3S/c14-10-4-8(13-15-9(6-16)7-19-13)5-11-12(10)18-3-1-2-17-11/h4-7H,1-3H2. The van der Waals surface area contributed by atoms with Crippen molar-refractivity contribution in [1.29, 1.82) is 0 Å². The van der Waals surface area contributed by atoms with Crippen LogP contribution in [0.3, 0.4) is 0 Å². The zero-order valence-corrected chi connectivity index (χ0v) is 11.5. The monoisotopic (exact) mass is 295 g/mol. The molecule has 0 fully saturated rings. The SMILES string of the molecule is O=Cc1csc(-c2cc(Cl)c3c(c2)OCCCO3)n1. The number of nitrogens with zero attached hydrogens (tertiary/aromatic N) is 1. The van der Waals surface area contributed by atoms with E-state index in [1.165, 1.54) is 11.3 Å². The molecule has 0 bridgehead atoms. The molecule has 4 nitrogen and oxygen atoms in total. The zero-order chi connectivity index (χ0) is 13.2. The molecule has 1 aromatic carbocycles. The van der Waals surface area contributed by atoms with Crippen LogP contribution in [0.4, 0.5) is 0 Å². The molecule has 2 heterocycles. The van der Waals surface area contributed by atoms with Crippen molar-refractivity contribution in [3.05, 3.63) is 28.2 Å². The first kappa shape index (κ1) is 12.4. The Kier molecular flexibility index (Phi) is 3.40. The fourth-order valence-corrected chi connectivity index (χ4v) is 2.85. The highest BCUT2D eigenvalue weighted by molar-refractivity contribution is 7.13. The van der Waals surface area contributed by atoms with Gasteiger partial charge < -0.3 is 9.47 Å². The van der Waals surface area contributed by atoms with E-state index in [1.54, 1.807) is 11.4 Å². The summed E-state index contributed by atoms with van der Waals surface area (Å²) in [7, 11) is 0. The topological polar surface area (TPSA) is 48.4 Å². The lowest BCUT2D eigenvalue weighted by atomic mass is 10.2. The molecule has 19 heavy (non-hydrogen) atoms. The van der Waals surface area contributed by atoms with E-state index in [2.05, 4.69) is 4.98 Å². The van der Waals surface area contributed by atoms with Crippen LogP contribution in [0.5, 0.6) is 11.5 Å². The molecule has 0 amide bonds. The lowest BCUT2D eigenvalue weighted by molar-refractivity contribution is 0.111. The summed E-state index contributed by atoms with van der Waals surface area (Å²) in [5, 5.41) is 2.94. The molecule has 0 atom stereocenters. The minimum atomic E-state index is 0.420. The van der Waals surface area contributed by atoms with Crippen LogP contribution in [-0.2, 0) is 0 Å². The van der Waals surface area contributed by atoms with Crippen molar-refractivity contribution in [2.45, 2.75) is 6.42 Å². The van der Waals surface area contributed by atoms with Crippen molar-refractivity contribution in [3.8, 4) is 22.1 Å². The van der Waals surface area contributed by atoms with E-state index >= 15 is 0 Å². The average Bonchev–Trinajstić information content (AvgIpc) is 2.77. The van der Waals surface area contributed by atoms with Gasteiger partial charge in [-0.1, -0.05) is 11.6 Å². The van der Waals surface area contributed by atoms with E-state index in [0.717, 1.165) is 23.3 Å². The molecule has 0 saturated heterocycles. The fourth-order valence-electron chi connectivity index (χ4n) is 1.83. The third-order valence-electron chi connectivity index (χ3n) is 2.69. The van der Waals surface area contributed by atoms with Gasteiger partial charge in [0.05, 0.1) is 18.2 Å². The Balaban J connectivity index is 2.05. The molecule has 6 heteroatoms. The summed E-state index contributed by atoms with van der Waals surface area (Å²) in [4.78, 5) is 14.9. The highest BCUT2D eigenvalue weighted by atomic mass is 35.5. The maximum Gasteiger partial charge on any atom is 0.179 e. The minimum absolute atomic E-state index is 0.420. The summed E-state index contributed by atoms with van der Waals surface area (Å²) in [6.45, 7) is 1.20. The first-order valence-corrected chi connectivity index (χ1v) is 7.04. The Hall–Kier alpha value is -1.59. The molecule has 1 aromatic heterocycles. The van der Waals surface area contributed by atoms with Gasteiger partial charge in [0.2, 0.25) is 0 Å². The van der Waals surface area contributed by atoms with Crippen molar-refractivity contribution >= 4 is 29.2 Å². The van der Waals surface area contributed by atoms with Gasteiger partial charge in [-0.25, -0.2) is 4.98 Å². The number of rotatable bonds is 2. The normalized spacial score (nSPS) is 13.9. The van der Waals surface area contributed by atoms with Crippen molar-refractivity contribution in [3.63, 3.8) is 0 Å². The number of hydrogen-bond acceptors (Lipinski definition) is 5. The number of carbonyl (C=O) groups is 1. The predicted octanol–water partition coefficient (Wildman–Crippen LogP) is 3.44. The van der Waals surface area contributed by atoms with Gasteiger partial charge in [-0.2, -0.15) is 0 Å². The molecule has 0 aliphatic carbocycles. The maximum atomic E-state index is 10.7. The maximum absolute atomic E-state index is 10.7. The lowest BCUT2D eigenvalue weighted by Crippen LogP contribution is -1.97. The fraction of sp³-hybridized carbons (Fsp3) is 0.231. The number of halogens is 1. The number of carbonyl (C=O) groups excluding carboxylic acids is 1. The van der Waals surface area contributed by atoms with E-state index < -0.39 is 0 Å². The Labute approximate surface area is 118 Å². The predicted molar refractivity (Wildman–Crippen MR) is 73.6 cm³/mol. The molecular weight excluding hydrogens is 286 g/mol. The van der Waals surface area contributed by atoms with Crippen LogP contribution in [-0.4, -0.2) is 24.5 Å². The van der Waals surface area contributed by atoms with Crippen molar-refractivity contribution in [1.82, 2.24) is 4.98 Å². The molecule has 98 valence electrons. The van der Waals surface area contributed by atoms with Crippen LogP contribution in [0.2, 0.25) is 5.02 Å². The lowest BCUT2D eigenvalue weighted by Gasteiger charge is -2.10. The first-order valence-electron chi connectivity index (χ1n) is 5.78. The van der Waals surface area contributed by atoms with Gasteiger partial charge in [0, 0.05) is 17.4 Å². The molecule has 3 rings (SSSR count). The van der Waals surface area contributed by atoms with Gasteiger partial charge in [0.15, 0.2) is 17.8 Å². The van der Waals surface area contributed by atoms with E-state index in [9.17, 15) is 4.79 Å². The number of aldehydes is 1. The van der Waals surface area contributed by atoms with Gasteiger partial charge in [-0.15, -0.1) is 11.3 Å². The second kappa shape index (κ2) is 5.19. The third kappa shape index (κ3) is 2.43. The molecule has 1 aliphatic heterocycles. The van der Waals surface area contributed by atoms with Gasteiger partial charge in [0.25, 0.3) is 0 Å². The molecule has 0 spiro atoms. The van der Waals surface area contributed by atoms with Crippen LogP contribution in [0.25, 0.3) is 10.6 Å². The summed E-state index contributed by atoms with van der Waals surface area (Å²) in [6, 6.07) is 3.63. The van der Waals surface area contributed by atoms with E-state index in [1.807, 2.05) is 6.07 Å². The van der Waals surface area contributed by atoms with Crippen LogP contribution in [0.1, 0.15) is 16.9 Å². The second-order valence-corrected chi connectivity index (χ2v) is 5.30. The molecule has 0 saturated carbocycles. The first-order chi connectivity index (χ1) is 9.28. The summed E-state index contributed by atoms with van der Waals surface area (Å²) < 4.78 is 11.2. The van der Waals surface area contributed by atoms with Gasteiger partial charge >= 0.3 is 0 Å². The summed E-state index contributed by atoms with van der Waals surface area (Å²) in [5.74, 6) is 1.21. The highest BCUT2D eigenvalue weighted by Crippen LogP contribution is 2.41. The Bertz CT molecular complexity index is 626. The van der Waals surface area contributed by atoms with Crippen molar-refractivity contribution in [2.24, 2.45) is 0 Å². The molecule has 1 aliphatic rings. The Morgan fingerprint density at radius 3 is 2.95 bits per heavy atom. The summed E-state index contributed by atoms with van der Waals surface area (Å²) in [6.07, 6.45) is 1.55. The number of aromatic nitrogens is 1. The minimum Gasteiger partial charge on any atom is -0.489 e. The largest absolute Gasteiger partial charge is 0.489 e. The second-order valence-electron chi connectivity index (χ2n) is 4.03. The number of thiazole rings is 1. The van der Waals surface area contributed by atoms with Crippen LogP contribution >= 0.6 is 22.9 Å². The van der Waals surface area contributed by atoms with Gasteiger partial charge in [-0.05, 0) is 12.1 Å². The van der Waals surface area contributed by atoms with Crippen LogP contribution in [0.15, 0.2) is 17.5 Å². The number of benzene rings is 1. The molecular formula is C13H10ClNO3S. The summed E-state index contributed by atoms with van der Waals surface area (Å²) >= 11 is 7.61. The van der Waals surface area contributed by atoms with Crippen LogP contribution < -0.4 is 9.47 Å². The van der Waals surface area contributed by atoms with E-state index in [-0.39, 0.29) is 0 Å².